The first-order chi connectivity index (χ1) is 11.7. The summed E-state index contributed by atoms with van der Waals surface area (Å²) in [4.78, 5) is 22.0. The van der Waals surface area contributed by atoms with E-state index in [0.29, 0.717) is 24.3 Å². The molecule has 7 heteroatoms. The number of aromatic nitrogens is 3. The van der Waals surface area contributed by atoms with E-state index in [1.54, 1.807) is 34.8 Å². The molecule has 0 atom stereocenters. The average Bonchev–Trinajstić information content (AvgIpc) is 3.01. The van der Waals surface area contributed by atoms with Crippen LogP contribution in [0.1, 0.15) is 17.1 Å². The quantitative estimate of drug-likeness (QED) is 0.366. The summed E-state index contributed by atoms with van der Waals surface area (Å²) in [5, 5.41) is 4.50. The third-order valence-corrected chi connectivity index (χ3v) is 5.40. The molecule has 0 aliphatic heterocycles. The van der Waals surface area contributed by atoms with Crippen LogP contribution in [0.25, 0.3) is 10.9 Å². The zero-order chi connectivity index (χ0) is 16.9. The number of thiazole rings is 1. The van der Waals surface area contributed by atoms with E-state index in [1.165, 1.54) is 0 Å². The van der Waals surface area contributed by atoms with E-state index in [9.17, 15) is 4.79 Å². The van der Waals surface area contributed by atoms with Gasteiger partial charge in [-0.1, -0.05) is 23.9 Å². The van der Waals surface area contributed by atoms with Gasteiger partial charge in [-0.2, -0.15) is 0 Å². The first-order valence-corrected chi connectivity index (χ1v) is 9.58. The maximum absolute atomic E-state index is 12.8. The molecule has 2 aromatic heterocycles. The van der Waals surface area contributed by atoms with Crippen molar-refractivity contribution in [1.82, 2.24) is 14.5 Å². The number of benzene rings is 1. The Labute approximate surface area is 148 Å². The maximum atomic E-state index is 12.8. The second kappa shape index (κ2) is 7.92. The van der Waals surface area contributed by atoms with Gasteiger partial charge in [-0.05, 0) is 25.5 Å². The monoisotopic (exact) mass is 361 g/mol. The molecule has 0 saturated heterocycles. The number of fused-ring (bicyclic) bond motifs is 1. The van der Waals surface area contributed by atoms with Crippen LogP contribution in [0.5, 0.6) is 0 Å². The van der Waals surface area contributed by atoms with Crippen molar-refractivity contribution >= 4 is 34.0 Å². The fourth-order valence-electron chi connectivity index (χ4n) is 2.44. The normalized spacial score (nSPS) is 11.2. The van der Waals surface area contributed by atoms with Crippen LogP contribution >= 0.6 is 23.1 Å². The Morgan fingerprint density at radius 1 is 1.29 bits per heavy atom. The SMILES string of the molecule is COCCCn1c(SCc2csc(C)n2)nc2ccccc2c1=O. The van der Waals surface area contributed by atoms with Crippen molar-refractivity contribution < 1.29 is 4.74 Å². The zero-order valence-corrected chi connectivity index (χ0v) is 15.3. The van der Waals surface area contributed by atoms with Crippen molar-refractivity contribution in [2.45, 2.75) is 30.8 Å². The van der Waals surface area contributed by atoms with Crippen molar-refractivity contribution in [2.24, 2.45) is 0 Å². The second-order valence-corrected chi connectivity index (χ2v) is 7.37. The van der Waals surface area contributed by atoms with Crippen molar-refractivity contribution in [3.8, 4) is 0 Å². The Balaban J connectivity index is 1.93. The maximum Gasteiger partial charge on any atom is 0.262 e. The minimum absolute atomic E-state index is 0.00802. The van der Waals surface area contributed by atoms with Gasteiger partial charge in [-0.25, -0.2) is 9.97 Å². The molecule has 126 valence electrons. The molecule has 3 rings (SSSR count). The smallest absolute Gasteiger partial charge is 0.262 e. The highest BCUT2D eigenvalue weighted by molar-refractivity contribution is 7.98. The third kappa shape index (κ3) is 3.85. The van der Waals surface area contributed by atoms with Crippen molar-refractivity contribution in [3.63, 3.8) is 0 Å². The number of hydrogen-bond acceptors (Lipinski definition) is 6. The number of para-hydroxylation sites is 1. The van der Waals surface area contributed by atoms with Gasteiger partial charge in [0.15, 0.2) is 5.16 Å². The lowest BCUT2D eigenvalue weighted by molar-refractivity contribution is 0.189. The molecule has 2 heterocycles. The van der Waals surface area contributed by atoms with Crippen LogP contribution < -0.4 is 5.56 Å². The summed E-state index contributed by atoms with van der Waals surface area (Å²) >= 11 is 3.19. The van der Waals surface area contributed by atoms with E-state index in [-0.39, 0.29) is 5.56 Å². The molecule has 0 spiro atoms. The molecule has 3 aromatic rings. The summed E-state index contributed by atoms with van der Waals surface area (Å²) in [7, 11) is 1.67. The van der Waals surface area contributed by atoms with Crippen molar-refractivity contribution in [1.29, 1.82) is 0 Å². The van der Waals surface area contributed by atoms with Gasteiger partial charge in [0, 0.05) is 31.4 Å². The second-order valence-electron chi connectivity index (χ2n) is 5.36. The van der Waals surface area contributed by atoms with Crippen LogP contribution in [-0.4, -0.2) is 28.3 Å². The predicted molar refractivity (Wildman–Crippen MR) is 98.9 cm³/mol. The van der Waals surface area contributed by atoms with Crippen molar-refractivity contribution in [3.05, 3.63) is 50.7 Å². The predicted octanol–water partition coefficient (Wildman–Crippen LogP) is 3.49. The molecule has 0 aliphatic rings. The first-order valence-electron chi connectivity index (χ1n) is 7.71. The van der Waals surface area contributed by atoms with E-state index >= 15 is 0 Å². The van der Waals surface area contributed by atoms with Crippen LogP contribution in [0.15, 0.2) is 39.6 Å². The summed E-state index contributed by atoms with van der Waals surface area (Å²) < 4.78 is 6.87. The molecule has 0 saturated carbocycles. The molecule has 0 bridgehead atoms. The number of methoxy groups -OCH3 is 1. The lowest BCUT2D eigenvalue weighted by atomic mass is 10.2. The molecular weight excluding hydrogens is 342 g/mol. The summed E-state index contributed by atoms with van der Waals surface area (Å²) in [6, 6.07) is 7.49. The number of rotatable bonds is 7. The molecule has 24 heavy (non-hydrogen) atoms. The van der Waals surface area contributed by atoms with Crippen molar-refractivity contribution in [2.75, 3.05) is 13.7 Å². The number of thioether (sulfide) groups is 1. The van der Waals surface area contributed by atoms with E-state index < -0.39 is 0 Å². The molecule has 1 aromatic carbocycles. The molecule has 0 radical (unpaired) electrons. The van der Waals surface area contributed by atoms with E-state index in [0.717, 1.165) is 27.8 Å². The summed E-state index contributed by atoms with van der Waals surface area (Å²) in [5.41, 5.74) is 1.77. The van der Waals surface area contributed by atoms with Crippen LogP contribution in [0.4, 0.5) is 0 Å². The van der Waals surface area contributed by atoms with Gasteiger partial charge in [0.1, 0.15) is 0 Å². The van der Waals surface area contributed by atoms with Gasteiger partial charge >= 0.3 is 0 Å². The number of nitrogens with zero attached hydrogens (tertiary/aromatic N) is 3. The minimum Gasteiger partial charge on any atom is -0.385 e. The van der Waals surface area contributed by atoms with Gasteiger partial charge in [0.2, 0.25) is 0 Å². The highest BCUT2D eigenvalue weighted by atomic mass is 32.2. The summed E-state index contributed by atoms with van der Waals surface area (Å²) in [6.07, 6.45) is 0.778. The Kier molecular flexibility index (Phi) is 5.65. The minimum atomic E-state index is 0.00802. The molecule has 0 amide bonds. The zero-order valence-electron chi connectivity index (χ0n) is 13.7. The Morgan fingerprint density at radius 2 is 2.12 bits per heavy atom. The number of ether oxygens (including phenoxy) is 1. The Morgan fingerprint density at radius 3 is 2.88 bits per heavy atom. The molecule has 0 aliphatic carbocycles. The number of aryl methyl sites for hydroxylation is 1. The molecule has 5 nitrogen and oxygen atoms in total. The standard InChI is InChI=1S/C17H19N3O2S2/c1-12-18-13(10-23-12)11-24-17-19-15-7-4-3-6-14(15)16(21)20(17)8-5-9-22-2/h3-4,6-7,10H,5,8-9,11H2,1-2H3. The van der Waals surface area contributed by atoms with Gasteiger partial charge in [0.05, 0.1) is 21.6 Å². The van der Waals surface area contributed by atoms with Gasteiger partial charge in [-0.15, -0.1) is 11.3 Å². The first kappa shape index (κ1) is 17.1. The summed E-state index contributed by atoms with van der Waals surface area (Å²) in [5.74, 6) is 0.708. The van der Waals surface area contributed by atoms with Gasteiger partial charge < -0.3 is 4.74 Å². The molecular formula is C17H19N3O2S2. The Hall–Kier alpha value is -1.70. The summed E-state index contributed by atoms with van der Waals surface area (Å²) in [6.45, 7) is 3.21. The van der Waals surface area contributed by atoms with E-state index in [4.69, 9.17) is 9.72 Å². The van der Waals surface area contributed by atoms with E-state index in [1.807, 2.05) is 31.2 Å². The van der Waals surface area contributed by atoms with Crippen LogP contribution in [0.2, 0.25) is 0 Å². The Bertz CT molecular complexity index is 889. The lowest BCUT2D eigenvalue weighted by Crippen LogP contribution is -2.24. The highest BCUT2D eigenvalue weighted by Crippen LogP contribution is 2.23. The van der Waals surface area contributed by atoms with Gasteiger partial charge in [-0.3, -0.25) is 9.36 Å². The third-order valence-electron chi connectivity index (χ3n) is 3.57. The van der Waals surface area contributed by atoms with Crippen LogP contribution in [0, 0.1) is 6.92 Å². The van der Waals surface area contributed by atoms with Gasteiger partial charge in [0.25, 0.3) is 5.56 Å². The lowest BCUT2D eigenvalue weighted by Gasteiger charge is -2.12. The number of hydrogen-bond donors (Lipinski definition) is 0. The van der Waals surface area contributed by atoms with Crippen LogP contribution in [-0.2, 0) is 17.0 Å². The topological polar surface area (TPSA) is 57.0 Å². The largest absolute Gasteiger partial charge is 0.385 e. The average molecular weight is 361 g/mol. The van der Waals surface area contributed by atoms with E-state index in [2.05, 4.69) is 10.4 Å². The fourth-order valence-corrected chi connectivity index (χ4v) is 4.07. The molecule has 0 N–H and O–H groups in total. The highest BCUT2D eigenvalue weighted by Gasteiger charge is 2.12. The molecule has 0 unspecified atom stereocenters. The molecule has 0 fully saturated rings. The van der Waals surface area contributed by atoms with Crippen LogP contribution in [0.3, 0.4) is 0 Å². The fraction of sp³-hybridized carbons (Fsp3) is 0.353.